The minimum absolute atomic E-state index is 0.155. The number of halogens is 3. The van der Waals surface area contributed by atoms with E-state index < -0.39 is 12.1 Å². The number of fused-ring (bicyclic) bond motifs is 1. The van der Waals surface area contributed by atoms with Crippen molar-refractivity contribution in [3.8, 4) is 5.75 Å². The number of amides is 1. The van der Waals surface area contributed by atoms with E-state index in [0.717, 1.165) is 42.7 Å². The van der Waals surface area contributed by atoms with Gasteiger partial charge in [-0.25, -0.2) is 9.97 Å². The lowest BCUT2D eigenvalue weighted by Crippen LogP contribution is -2.38. The van der Waals surface area contributed by atoms with E-state index in [1.807, 2.05) is 6.92 Å². The van der Waals surface area contributed by atoms with Gasteiger partial charge in [0.05, 0.1) is 18.8 Å². The molecule has 0 N–H and O–H groups in total. The highest BCUT2D eigenvalue weighted by molar-refractivity contribution is 5.95. The third-order valence-electron chi connectivity index (χ3n) is 4.85. The molecule has 0 unspecified atom stereocenters. The summed E-state index contributed by atoms with van der Waals surface area (Å²) in [5.41, 5.74) is 2.38. The van der Waals surface area contributed by atoms with E-state index in [2.05, 4.69) is 19.6 Å². The summed E-state index contributed by atoms with van der Waals surface area (Å²) >= 11 is 0. The Hall–Kier alpha value is -2.84. The van der Waals surface area contributed by atoms with Crippen LogP contribution in [0, 0.1) is 13.8 Å². The molecule has 148 valence electrons. The van der Waals surface area contributed by atoms with Gasteiger partial charge in [-0.05, 0) is 44.0 Å². The summed E-state index contributed by atoms with van der Waals surface area (Å²) in [5.74, 6) is 0.742. The maximum Gasteiger partial charge on any atom is 0.573 e. The third-order valence-corrected chi connectivity index (χ3v) is 4.85. The van der Waals surface area contributed by atoms with Crippen molar-refractivity contribution in [3.63, 3.8) is 0 Å². The molecule has 0 saturated carbocycles. The van der Waals surface area contributed by atoms with Gasteiger partial charge in [-0.15, -0.1) is 13.2 Å². The fourth-order valence-electron chi connectivity index (χ4n) is 3.54. The Balaban J connectivity index is 1.60. The highest BCUT2D eigenvalue weighted by atomic mass is 19.4. The Morgan fingerprint density at radius 1 is 1.11 bits per heavy atom. The predicted molar refractivity (Wildman–Crippen MR) is 95.0 cm³/mol. The highest BCUT2D eigenvalue weighted by Gasteiger charge is 2.33. The number of aromatic nitrogens is 2. The summed E-state index contributed by atoms with van der Waals surface area (Å²) in [5, 5.41) is 0. The average molecular weight is 392 g/mol. The predicted octanol–water partition coefficient (Wildman–Crippen LogP) is 3.36. The van der Waals surface area contributed by atoms with E-state index in [4.69, 9.17) is 0 Å². The molecule has 1 aromatic carbocycles. The molecule has 2 aliphatic heterocycles. The Morgan fingerprint density at radius 2 is 1.86 bits per heavy atom. The lowest BCUT2D eigenvalue weighted by molar-refractivity contribution is -0.274. The first-order valence-electron chi connectivity index (χ1n) is 8.98. The van der Waals surface area contributed by atoms with Gasteiger partial charge in [0.25, 0.3) is 5.91 Å². The second-order valence-corrected chi connectivity index (χ2v) is 7.10. The normalized spacial score (nSPS) is 16.0. The SMILES string of the molecule is Cc1cc(OC(F)(F)F)cc(C(=O)N2Cc3nc(C)nc(N4CCC4)c3C2)c1. The number of rotatable bonds is 3. The lowest BCUT2D eigenvalue weighted by atomic mass is 10.1. The molecule has 9 heteroatoms. The van der Waals surface area contributed by atoms with Gasteiger partial charge < -0.3 is 14.5 Å². The third kappa shape index (κ3) is 3.61. The molecular weight excluding hydrogens is 373 g/mol. The van der Waals surface area contributed by atoms with Crippen molar-refractivity contribution in [2.45, 2.75) is 39.7 Å². The van der Waals surface area contributed by atoms with Crippen LogP contribution in [0.2, 0.25) is 0 Å². The summed E-state index contributed by atoms with van der Waals surface area (Å²) in [6, 6.07) is 3.93. The number of hydrogen-bond acceptors (Lipinski definition) is 5. The molecular formula is C19H19F3N4O2. The molecule has 0 radical (unpaired) electrons. The maximum atomic E-state index is 13.0. The van der Waals surface area contributed by atoms with Crippen LogP contribution >= 0.6 is 0 Å². The second kappa shape index (κ2) is 6.65. The molecule has 2 aromatic rings. The van der Waals surface area contributed by atoms with Gasteiger partial charge in [0, 0.05) is 24.2 Å². The van der Waals surface area contributed by atoms with E-state index in [1.54, 1.807) is 17.9 Å². The van der Waals surface area contributed by atoms with Crippen molar-refractivity contribution >= 4 is 11.7 Å². The van der Waals surface area contributed by atoms with Crippen LogP contribution in [0.15, 0.2) is 18.2 Å². The molecule has 4 rings (SSSR count). The average Bonchev–Trinajstić information content (AvgIpc) is 2.94. The lowest BCUT2D eigenvalue weighted by Gasteiger charge is -2.33. The number of alkyl halides is 3. The first-order chi connectivity index (χ1) is 13.2. The van der Waals surface area contributed by atoms with Crippen LogP contribution in [0.5, 0.6) is 5.75 Å². The summed E-state index contributed by atoms with van der Waals surface area (Å²) in [6.45, 7) is 5.93. The largest absolute Gasteiger partial charge is 0.573 e. The zero-order valence-corrected chi connectivity index (χ0v) is 15.5. The van der Waals surface area contributed by atoms with Crippen molar-refractivity contribution in [3.05, 3.63) is 46.4 Å². The number of anilines is 1. The number of nitrogens with zero attached hydrogens (tertiary/aromatic N) is 4. The van der Waals surface area contributed by atoms with Gasteiger partial charge in [-0.1, -0.05) is 0 Å². The minimum Gasteiger partial charge on any atom is -0.406 e. The van der Waals surface area contributed by atoms with Crippen molar-refractivity contribution in [1.82, 2.24) is 14.9 Å². The van der Waals surface area contributed by atoms with Gasteiger partial charge in [0.2, 0.25) is 0 Å². The van der Waals surface area contributed by atoms with E-state index in [9.17, 15) is 18.0 Å². The highest BCUT2D eigenvalue weighted by Crippen LogP contribution is 2.33. The Kier molecular flexibility index (Phi) is 4.40. The molecule has 2 aliphatic rings. The first kappa shape index (κ1) is 18.5. The summed E-state index contributed by atoms with van der Waals surface area (Å²) in [7, 11) is 0. The zero-order chi connectivity index (χ0) is 20.1. The molecule has 6 nitrogen and oxygen atoms in total. The monoisotopic (exact) mass is 392 g/mol. The molecule has 3 heterocycles. The minimum atomic E-state index is -4.81. The van der Waals surface area contributed by atoms with Crippen LogP contribution in [0.1, 0.15) is 39.4 Å². The standard InChI is InChI=1S/C19H19F3N4O2/c1-11-6-13(8-14(7-11)28-19(20,21)22)18(27)26-9-15-16(10-26)23-12(2)24-17(15)25-4-3-5-25/h6-8H,3-5,9-10H2,1-2H3. The zero-order valence-electron chi connectivity index (χ0n) is 15.5. The summed E-state index contributed by atoms with van der Waals surface area (Å²) < 4.78 is 41.6. The van der Waals surface area contributed by atoms with Gasteiger partial charge in [-0.2, -0.15) is 0 Å². The molecule has 1 aromatic heterocycles. The van der Waals surface area contributed by atoms with Gasteiger partial charge >= 0.3 is 6.36 Å². The molecule has 0 aliphatic carbocycles. The molecule has 0 bridgehead atoms. The van der Waals surface area contributed by atoms with Crippen LogP contribution in [-0.2, 0) is 13.1 Å². The number of aryl methyl sites for hydroxylation is 2. The summed E-state index contributed by atoms with van der Waals surface area (Å²) in [6.07, 6.45) is -3.71. The molecule has 0 spiro atoms. The first-order valence-corrected chi connectivity index (χ1v) is 8.98. The number of ether oxygens (including phenoxy) is 1. The number of benzene rings is 1. The Labute approximate surface area is 159 Å². The van der Waals surface area contributed by atoms with Crippen LogP contribution in [-0.4, -0.2) is 40.2 Å². The van der Waals surface area contributed by atoms with E-state index in [-0.39, 0.29) is 11.5 Å². The van der Waals surface area contributed by atoms with Gasteiger partial charge in [0.15, 0.2) is 0 Å². The molecule has 28 heavy (non-hydrogen) atoms. The van der Waals surface area contributed by atoms with Crippen molar-refractivity contribution in [1.29, 1.82) is 0 Å². The molecule has 1 amide bonds. The Morgan fingerprint density at radius 3 is 2.50 bits per heavy atom. The molecule has 1 saturated heterocycles. The van der Waals surface area contributed by atoms with Crippen molar-refractivity contribution in [2.24, 2.45) is 0 Å². The van der Waals surface area contributed by atoms with Gasteiger partial charge in [-0.3, -0.25) is 4.79 Å². The van der Waals surface area contributed by atoms with E-state index >= 15 is 0 Å². The number of hydrogen-bond donors (Lipinski definition) is 0. The van der Waals surface area contributed by atoms with E-state index in [1.165, 1.54) is 6.07 Å². The second-order valence-electron chi connectivity index (χ2n) is 7.10. The summed E-state index contributed by atoms with van der Waals surface area (Å²) in [4.78, 5) is 25.7. The number of carbonyl (C=O) groups excluding carboxylic acids is 1. The Bertz CT molecular complexity index is 942. The van der Waals surface area contributed by atoms with Gasteiger partial charge in [0.1, 0.15) is 17.4 Å². The fraction of sp³-hybridized carbons (Fsp3) is 0.421. The van der Waals surface area contributed by atoms with Crippen molar-refractivity contribution in [2.75, 3.05) is 18.0 Å². The number of carbonyl (C=O) groups is 1. The van der Waals surface area contributed by atoms with Crippen LogP contribution < -0.4 is 9.64 Å². The van der Waals surface area contributed by atoms with E-state index in [0.29, 0.717) is 24.5 Å². The maximum absolute atomic E-state index is 13.0. The topological polar surface area (TPSA) is 58.6 Å². The fourth-order valence-corrected chi connectivity index (χ4v) is 3.54. The molecule has 1 fully saturated rings. The smallest absolute Gasteiger partial charge is 0.406 e. The molecule has 0 atom stereocenters. The van der Waals surface area contributed by atoms with Crippen LogP contribution in [0.3, 0.4) is 0 Å². The quantitative estimate of drug-likeness (QED) is 0.802. The van der Waals surface area contributed by atoms with Crippen LogP contribution in [0.4, 0.5) is 19.0 Å². The van der Waals surface area contributed by atoms with Crippen LogP contribution in [0.25, 0.3) is 0 Å². The van der Waals surface area contributed by atoms with Crippen molar-refractivity contribution < 1.29 is 22.7 Å².